The SMILES string of the molecule is CCOc1cc(C(=O)NCc2ccc(Cl)cc2)cc(Br)c1OC. The molecular formula is C17H17BrClNO3. The van der Waals surface area contributed by atoms with E-state index in [2.05, 4.69) is 21.2 Å². The second kappa shape index (κ2) is 8.22. The highest BCUT2D eigenvalue weighted by Gasteiger charge is 2.15. The highest BCUT2D eigenvalue weighted by Crippen LogP contribution is 2.36. The van der Waals surface area contributed by atoms with Crippen molar-refractivity contribution in [3.8, 4) is 11.5 Å². The van der Waals surface area contributed by atoms with E-state index in [1.807, 2.05) is 19.1 Å². The van der Waals surface area contributed by atoms with Gasteiger partial charge in [-0.15, -0.1) is 0 Å². The predicted octanol–water partition coefficient (Wildman–Crippen LogP) is 4.44. The molecule has 0 fully saturated rings. The average Bonchev–Trinajstić information content (AvgIpc) is 2.54. The number of hydrogen-bond acceptors (Lipinski definition) is 3. The van der Waals surface area contributed by atoms with Crippen LogP contribution in [-0.2, 0) is 6.54 Å². The van der Waals surface area contributed by atoms with Crippen LogP contribution in [0.25, 0.3) is 0 Å². The van der Waals surface area contributed by atoms with E-state index in [9.17, 15) is 4.79 Å². The molecule has 0 bridgehead atoms. The first-order valence-electron chi connectivity index (χ1n) is 7.08. The van der Waals surface area contributed by atoms with E-state index in [1.54, 1.807) is 31.4 Å². The fourth-order valence-corrected chi connectivity index (χ4v) is 2.78. The number of amides is 1. The number of halogens is 2. The third-order valence-electron chi connectivity index (χ3n) is 3.14. The first-order valence-corrected chi connectivity index (χ1v) is 8.25. The first-order chi connectivity index (χ1) is 11.0. The van der Waals surface area contributed by atoms with Crippen molar-refractivity contribution < 1.29 is 14.3 Å². The van der Waals surface area contributed by atoms with Gasteiger partial charge < -0.3 is 14.8 Å². The van der Waals surface area contributed by atoms with Gasteiger partial charge in [0.25, 0.3) is 5.91 Å². The van der Waals surface area contributed by atoms with Crippen LogP contribution in [0.4, 0.5) is 0 Å². The predicted molar refractivity (Wildman–Crippen MR) is 94.5 cm³/mol. The lowest BCUT2D eigenvalue weighted by Crippen LogP contribution is -2.22. The number of carbonyl (C=O) groups excluding carboxylic acids is 1. The maximum absolute atomic E-state index is 12.3. The Morgan fingerprint density at radius 3 is 2.57 bits per heavy atom. The van der Waals surface area contributed by atoms with E-state index in [4.69, 9.17) is 21.1 Å². The largest absolute Gasteiger partial charge is 0.492 e. The van der Waals surface area contributed by atoms with Gasteiger partial charge in [-0.05, 0) is 52.7 Å². The first kappa shape index (κ1) is 17.6. The summed E-state index contributed by atoms with van der Waals surface area (Å²) in [5, 5.41) is 3.54. The molecule has 0 spiro atoms. The normalized spacial score (nSPS) is 10.3. The minimum Gasteiger partial charge on any atom is -0.492 e. The molecule has 2 aromatic rings. The Kier molecular flexibility index (Phi) is 6.30. The Morgan fingerprint density at radius 2 is 1.96 bits per heavy atom. The third-order valence-corrected chi connectivity index (χ3v) is 3.98. The van der Waals surface area contributed by atoms with Gasteiger partial charge >= 0.3 is 0 Å². The van der Waals surface area contributed by atoms with Crippen molar-refractivity contribution in [3.63, 3.8) is 0 Å². The van der Waals surface area contributed by atoms with Crippen molar-refractivity contribution in [2.24, 2.45) is 0 Å². The summed E-state index contributed by atoms with van der Waals surface area (Å²) in [6, 6.07) is 10.7. The van der Waals surface area contributed by atoms with Crippen LogP contribution in [-0.4, -0.2) is 19.6 Å². The lowest BCUT2D eigenvalue weighted by molar-refractivity contribution is 0.0950. The van der Waals surface area contributed by atoms with E-state index in [0.29, 0.717) is 39.7 Å². The van der Waals surface area contributed by atoms with E-state index in [0.717, 1.165) is 5.56 Å². The maximum Gasteiger partial charge on any atom is 0.251 e. The van der Waals surface area contributed by atoms with Crippen LogP contribution in [0.2, 0.25) is 5.02 Å². The van der Waals surface area contributed by atoms with Gasteiger partial charge in [0.05, 0.1) is 18.2 Å². The molecule has 0 radical (unpaired) electrons. The molecule has 0 heterocycles. The van der Waals surface area contributed by atoms with Gasteiger partial charge in [0.15, 0.2) is 11.5 Å². The zero-order valence-corrected chi connectivity index (χ0v) is 15.2. The summed E-state index contributed by atoms with van der Waals surface area (Å²) in [6.45, 7) is 2.78. The third kappa shape index (κ3) is 4.62. The highest BCUT2D eigenvalue weighted by molar-refractivity contribution is 9.10. The monoisotopic (exact) mass is 397 g/mol. The van der Waals surface area contributed by atoms with Crippen LogP contribution in [0.1, 0.15) is 22.8 Å². The number of methoxy groups -OCH3 is 1. The van der Waals surface area contributed by atoms with Gasteiger partial charge in [-0.25, -0.2) is 0 Å². The molecule has 0 saturated carbocycles. The summed E-state index contributed by atoms with van der Waals surface area (Å²) < 4.78 is 11.5. The smallest absolute Gasteiger partial charge is 0.251 e. The second-order valence-electron chi connectivity index (χ2n) is 4.73. The van der Waals surface area contributed by atoms with E-state index in [-0.39, 0.29) is 5.91 Å². The number of ether oxygens (including phenoxy) is 2. The number of benzene rings is 2. The Morgan fingerprint density at radius 1 is 1.26 bits per heavy atom. The summed E-state index contributed by atoms with van der Waals surface area (Å²) in [7, 11) is 1.56. The van der Waals surface area contributed by atoms with Crippen molar-refractivity contribution in [3.05, 3.63) is 57.0 Å². The van der Waals surface area contributed by atoms with Gasteiger partial charge in [0.2, 0.25) is 0 Å². The van der Waals surface area contributed by atoms with E-state index < -0.39 is 0 Å². The van der Waals surface area contributed by atoms with Crippen molar-refractivity contribution in [2.75, 3.05) is 13.7 Å². The molecule has 0 atom stereocenters. The van der Waals surface area contributed by atoms with E-state index >= 15 is 0 Å². The van der Waals surface area contributed by atoms with Crippen molar-refractivity contribution in [2.45, 2.75) is 13.5 Å². The van der Waals surface area contributed by atoms with Crippen LogP contribution < -0.4 is 14.8 Å². The van der Waals surface area contributed by atoms with Crippen molar-refractivity contribution in [1.29, 1.82) is 0 Å². The molecule has 4 nitrogen and oxygen atoms in total. The van der Waals surface area contributed by atoms with Crippen LogP contribution in [0.15, 0.2) is 40.9 Å². The standard InChI is InChI=1S/C17H17BrClNO3/c1-3-23-15-9-12(8-14(18)16(15)22-2)17(21)20-10-11-4-6-13(19)7-5-11/h4-9H,3,10H2,1-2H3,(H,20,21). The molecule has 0 aliphatic rings. The quantitative estimate of drug-likeness (QED) is 0.782. The number of hydrogen-bond donors (Lipinski definition) is 1. The molecular weight excluding hydrogens is 382 g/mol. The van der Waals surface area contributed by atoms with Crippen LogP contribution in [0, 0.1) is 0 Å². The van der Waals surface area contributed by atoms with Gasteiger partial charge in [-0.3, -0.25) is 4.79 Å². The minimum atomic E-state index is -0.191. The summed E-state index contributed by atoms with van der Waals surface area (Å²) in [5.41, 5.74) is 1.47. The van der Waals surface area contributed by atoms with Crippen molar-refractivity contribution in [1.82, 2.24) is 5.32 Å². The molecule has 6 heteroatoms. The van der Waals surface area contributed by atoms with Gasteiger partial charge in [-0.2, -0.15) is 0 Å². The zero-order chi connectivity index (χ0) is 16.8. The molecule has 0 aromatic heterocycles. The molecule has 1 amide bonds. The molecule has 122 valence electrons. The lowest BCUT2D eigenvalue weighted by atomic mass is 10.1. The fourth-order valence-electron chi connectivity index (χ4n) is 2.05. The Balaban J connectivity index is 2.13. The Bertz CT molecular complexity index is 689. The molecule has 23 heavy (non-hydrogen) atoms. The molecule has 0 aliphatic heterocycles. The lowest BCUT2D eigenvalue weighted by Gasteiger charge is -2.13. The molecule has 0 saturated heterocycles. The number of nitrogens with one attached hydrogen (secondary N) is 1. The molecule has 2 aromatic carbocycles. The van der Waals surface area contributed by atoms with Crippen LogP contribution in [0.5, 0.6) is 11.5 Å². The number of carbonyl (C=O) groups is 1. The minimum absolute atomic E-state index is 0.191. The van der Waals surface area contributed by atoms with Gasteiger partial charge in [0, 0.05) is 17.1 Å². The van der Waals surface area contributed by atoms with Gasteiger partial charge in [0.1, 0.15) is 0 Å². The fraction of sp³-hybridized carbons (Fsp3) is 0.235. The summed E-state index contributed by atoms with van der Waals surface area (Å²) in [4.78, 5) is 12.3. The molecule has 1 N–H and O–H groups in total. The summed E-state index contributed by atoms with van der Waals surface area (Å²) in [5.74, 6) is 0.909. The Labute approximate surface area is 148 Å². The van der Waals surface area contributed by atoms with Crippen LogP contribution in [0.3, 0.4) is 0 Å². The number of rotatable bonds is 6. The van der Waals surface area contributed by atoms with Crippen LogP contribution >= 0.6 is 27.5 Å². The summed E-state index contributed by atoms with van der Waals surface area (Å²) >= 11 is 9.25. The van der Waals surface area contributed by atoms with Gasteiger partial charge in [-0.1, -0.05) is 23.7 Å². The molecule has 0 unspecified atom stereocenters. The molecule has 0 aliphatic carbocycles. The second-order valence-corrected chi connectivity index (χ2v) is 6.02. The zero-order valence-electron chi connectivity index (χ0n) is 12.9. The topological polar surface area (TPSA) is 47.6 Å². The highest BCUT2D eigenvalue weighted by atomic mass is 79.9. The summed E-state index contributed by atoms with van der Waals surface area (Å²) in [6.07, 6.45) is 0. The van der Waals surface area contributed by atoms with E-state index in [1.165, 1.54) is 0 Å². The maximum atomic E-state index is 12.3. The Hall–Kier alpha value is -1.72. The van der Waals surface area contributed by atoms with Crippen molar-refractivity contribution >= 4 is 33.4 Å². The average molecular weight is 399 g/mol. The molecule has 2 rings (SSSR count).